The predicted octanol–water partition coefficient (Wildman–Crippen LogP) is 5.68. The minimum Gasteiger partial charge on any atom is -0.508 e. The summed E-state index contributed by atoms with van der Waals surface area (Å²) >= 11 is 2.03. The first-order valence-corrected chi connectivity index (χ1v) is 13.2. The number of benzene rings is 2. The van der Waals surface area contributed by atoms with Gasteiger partial charge in [-0.05, 0) is 51.0 Å². The number of hydrogen-bond donors (Lipinski definition) is 6. The Morgan fingerprint density at radius 1 is 0.795 bits per heavy atom. The number of aromatic hydroxyl groups is 2. The number of rotatable bonds is 6. The van der Waals surface area contributed by atoms with Crippen LogP contribution in [-0.4, -0.2) is 45.5 Å². The molecule has 0 saturated carbocycles. The summed E-state index contributed by atoms with van der Waals surface area (Å²) in [4.78, 5) is 43.6. The van der Waals surface area contributed by atoms with Crippen LogP contribution in [0.25, 0.3) is 0 Å². The van der Waals surface area contributed by atoms with Gasteiger partial charge in [0.1, 0.15) is 16.4 Å². The van der Waals surface area contributed by atoms with E-state index in [2.05, 4.69) is 31.2 Å². The third kappa shape index (κ3) is 7.30. The Morgan fingerprint density at radius 2 is 1.33 bits per heavy atom. The monoisotopic (exact) mass is 568 g/mol. The zero-order valence-electron chi connectivity index (χ0n) is 21.9. The zero-order valence-corrected chi connectivity index (χ0v) is 23.5. The fraction of sp³-hybridized carbons (Fsp3) is 0.192. The molecule has 13 heteroatoms. The highest BCUT2D eigenvalue weighted by Crippen LogP contribution is 2.29. The maximum atomic E-state index is 12.5. The predicted molar refractivity (Wildman–Crippen MR) is 155 cm³/mol. The molecule has 6 N–H and O–H groups in total. The van der Waals surface area contributed by atoms with Gasteiger partial charge >= 0.3 is 6.03 Å². The van der Waals surface area contributed by atoms with E-state index in [1.54, 1.807) is 25.1 Å². The Kier molecular flexibility index (Phi) is 9.57. The molecule has 0 saturated heterocycles. The fourth-order valence-electron chi connectivity index (χ4n) is 3.49. The Hall–Kier alpha value is -4.49. The molecule has 0 spiro atoms. The highest BCUT2D eigenvalue weighted by Gasteiger charge is 2.16. The molecule has 3 amide bonds. The number of anilines is 4. The smallest absolute Gasteiger partial charge is 0.327 e. The third-order valence-corrected chi connectivity index (χ3v) is 7.34. The van der Waals surface area contributed by atoms with Crippen molar-refractivity contribution in [1.82, 2.24) is 9.97 Å². The third-order valence-electron chi connectivity index (χ3n) is 5.59. The molecule has 4 rings (SSSR count). The molecule has 0 atom stereocenters. The van der Waals surface area contributed by atoms with Crippen LogP contribution in [0.15, 0.2) is 36.7 Å². The summed E-state index contributed by atoms with van der Waals surface area (Å²) in [6.07, 6.45) is 3.34. The summed E-state index contributed by atoms with van der Waals surface area (Å²) in [5, 5.41) is 30.4. The molecule has 39 heavy (non-hydrogen) atoms. The number of amides is 3. The summed E-state index contributed by atoms with van der Waals surface area (Å²) in [6.45, 7) is 7.43. The van der Waals surface area contributed by atoms with Crippen LogP contribution in [0.4, 0.5) is 26.4 Å². The standard InChI is InChI=1S/C17H15N5O4S2.C9H13NO/c1-8-3-4-11(24)9(2)13(8)20-14(25)12-6-19-17(28-12)22-15(26)21-16-18-5-10(7-23)27-16;1-6-4-5-8(11)7(2)9(6)10-3/h3-7,24H,1-2H3,(H,20,25)(H2,18,19,21,22,26);4-5,10-11H,1-3H3. The van der Waals surface area contributed by atoms with E-state index in [1.165, 1.54) is 12.4 Å². The normalized spacial score (nSPS) is 10.2. The molecule has 0 aliphatic rings. The minimum atomic E-state index is -0.590. The quantitative estimate of drug-likeness (QED) is 0.162. The van der Waals surface area contributed by atoms with Crippen molar-refractivity contribution in [3.63, 3.8) is 0 Å². The van der Waals surface area contributed by atoms with Crippen molar-refractivity contribution in [3.05, 3.63) is 68.7 Å². The van der Waals surface area contributed by atoms with Crippen molar-refractivity contribution < 1.29 is 24.6 Å². The minimum absolute atomic E-state index is 0.0872. The number of carbonyl (C=O) groups excluding carboxylic acids is 3. The molecule has 0 bridgehead atoms. The van der Waals surface area contributed by atoms with Gasteiger partial charge in [0, 0.05) is 23.9 Å². The number of phenolic OH excluding ortho intramolecular Hbond substituents is 2. The molecular weight excluding hydrogens is 540 g/mol. The lowest BCUT2D eigenvalue weighted by Gasteiger charge is -2.11. The summed E-state index contributed by atoms with van der Waals surface area (Å²) in [6, 6.07) is 6.29. The molecule has 0 fully saturated rings. The number of nitrogens with zero attached hydrogens (tertiary/aromatic N) is 2. The van der Waals surface area contributed by atoms with Crippen LogP contribution < -0.4 is 21.3 Å². The Bertz CT molecular complexity index is 1510. The SMILES string of the molecule is CNc1c(C)ccc(O)c1C.Cc1ccc(O)c(C)c1NC(=O)c1cnc(NC(=O)Nc2ncc(C=O)s2)s1. The van der Waals surface area contributed by atoms with Gasteiger partial charge in [0.2, 0.25) is 0 Å². The number of urea groups is 1. The van der Waals surface area contributed by atoms with E-state index in [4.69, 9.17) is 0 Å². The van der Waals surface area contributed by atoms with Crippen molar-refractivity contribution in [3.8, 4) is 11.5 Å². The van der Waals surface area contributed by atoms with E-state index in [-0.39, 0.29) is 20.9 Å². The summed E-state index contributed by atoms with van der Waals surface area (Å²) < 4.78 is 0. The fourth-order valence-corrected chi connectivity index (χ4v) is 4.82. The first-order chi connectivity index (χ1) is 18.5. The molecule has 0 aliphatic heterocycles. The van der Waals surface area contributed by atoms with E-state index in [0.29, 0.717) is 28.2 Å². The number of aryl methyl sites for hydroxylation is 2. The number of aromatic nitrogens is 2. The molecule has 11 nitrogen and oxygen atoms in total. The van der Waals surface area contributed by atoms with Gasteiger partial charge in [-0.15, -0.1) is 0 Å². The average Bonchev–Trinajstić information content (AvgIpc) is 3.57. The van der Waals surface area contributed by atoms with Crippen molar-refractivity contribution in [2.75, 3.05) is 28.3 Å². The second-order valence-electron chi connectivity index (χ2n) is 8.30. The van der Waals surface area contributed by atoms with E-state index in [0.717, 1.165) is 45.1 Å². The van der Waals surface area contributed by atoms with Crippen LogP contribution in [-0.2, 0) is 0 Å². The molecule has 0 radical (unpaired) electrons. The highest BCUT2D eigenvalue weighted by molar-refractivity contribution is 7.18. The van der Waals surface area contributed by atoms with Crippen LogP contribution in [0.5, 0.6) is 11.5 Å². The maximum Gasteiger partial charge on any atom is 0.327 e. The van der Waals surface area contributed by atoms with Crippen molar-refractivity contribution in [2.45, 2.75) is 27.7 Å². The van der Waals surface area contributed by atoms with Crippen LogP contribution in [0.2, 0.25) is 0 Å². The van der Waals surface area contributed by atoms with Crippen molar-refractivity contribution in [2.24, 2.45) is 0 Å². The molecule has 2 aromatic carbocycles. The second kappa shape index (κ2) is 12.8. The summed E-state index contributed by atoms with van der Waals surface area (Å²) in [7, 11) is 1.86. The van der Waals surface area contributed by atoms with Crippen molar-refractivity contribution in [1.29, 1.82) is 0 Å². The van der Waals surface area contributed by atoms with Gasteiger partial charge in [-0.2, -0.15) is 0 Å². The number of phenols is 2. The van der Waals surface area contributed by atoms with Gasteiger partial charge in [0.25, 0.3) is 5.91 Å². The molecule has 2 heterocycles. The molecule has 0 unspecified atom stereocenters. The lowest BCUT2D eigenvalue weighted by atomic mass is 10.1. The number of aldehydes is 1. The summed E-state index contributed by atoms with van der Waals surface area (Å²) in [5.74, 6) is 0.0300. The number of nitrogens with one attached hydrogen (secondary N) is 4. The van der Waals surface area contributed by atoms with E-state index < -0.39 is 11.9 Å². The molecular formula is C26H28N6O5S2. The van der Waals surface area contributed by atoms with Gasteiger partial charge in [0.15, 0.2) is 16.5 Å². The Labute approximate surface area is 233 Å². The number of hydrogen-bond acceptors (Lipinski definition) is 10. The largest absolute Gasteiger partial charge is 0.508 e. The highest BCUT2D eigenvalue weighted by atomic mass is 32.1. The first-order valence-electron chi connectivity index (χ1n) is 11.6. The van der Waals surface area contributed by atoms with Gasteiger partial charge in [0.05, 0.1) is 23.0 Å². The second-order valence-corrected chi connectivity index (χ2v) is 10.4. The van der Waals surface area contributed by atoms with E-state index in [9.17, 15) is 24.6 Å². The van der Waals surface area contributed by atoms with E-state index in [1.807, 2.05) is 33.9 Å². The molecule has 204 valence electrons. The summed E-state index contributed by atoms with van der Waals surface area (Å²) in [5.41, 5.74) is 4.98. The maximum absolute atomic E-state index is 12.5. The van der Waals surface area contributed by atoms with Crippen LogP contribution in [0.1, 0.15) is 41.6 Å². The van der Waals surface area contributed by atoms with E-state index >= 15 is 0 Å². The van der Waals surface area contributed by atoms with Gasteiger partial charge < -0.3 is 20.8 Å². The lowest BCUT2D eigenvalue weighted by molar-refractivity contribution is 0.102. The van der Waals surface area contributed by atoms with Crippen molar-refractivity contribution >= 4 is 62.5 Å². The van der Waals surface area contributed by atoms with Crippen LogP contribution in [0, 0.1) is 27.7 Å². The Morgan fingerprint density at radius 3 is 1.87 bits per heavy atom. The van der Waals surface area contributed by atoms with Crippen LogP contribution in [0.3, 0.4) is 0 Å². The van der Waals surface area contributed by atoms with Gasteiger partial charge in [-0.3, -0.25) is 20.2 Å². The first kappa shape index (κ1) is 29.1. The number of thiazole rings is 2. The molecule has 4 aromatic rings. The zero-order chi connectivity index (χ0) is 28.7. The molecule has 2 aromatic heterocycles. The average molecular weight is 569 g/mol. The van der Waals surface area contributed by atoms with Crippen LogP contribution >= 0.6 is 22.7 Å². The van der Waals surface area contributed by atoms with Gasteiger partial charge in [-0.1, -0.05) is 34.8 Å². The Balaban J connectivity index is 0.000000320. The molecule has 0 aliphatic carbocycles. The number of carbonyl (C=O) groups is 3. The topological polar surface area (TPSA) is 166 Å². The van der Waals surface area contributed by atoms with Gasteiger partial charge in [-0.25, -0.2) is 14.8 Å². The lowest BCUT2D eigenvalue weighted by Crippen LogP contribution is -2.19.